The minimum Gasteiger partial charge on any atom is -0.493 e. The molecule has 9 heteroatoms. The molecule has 1 N–H and O–H groups in total. The molecule has 8 nitrogen and oxygen atoms in total. The minimum atomic E-state index is -0.339. The van der Waals surface area contributed by atoms with Crippen molar-refractivity contribution < 1.29 is 14.3 Å². The number of halogens is 1. The van der Waals surface area contributed by atoms with Crippen molar-refractivity contribution in [3.63, 3.8) is 0 Å². The number of ether oxygens (including phenoxy) is 2. The first-order valence-corrected chi connectivity index (χ1v) is 12.4. The standard InChI is InChI=1S/C27H30ClN5O3/c1-4-19-14-15-33(32-26(19)20-8-12-23(35-3)24(16-20)36-5-2)17-18-6-9-21(10-7-18)29-27(34)22-11-13-25(28)31-30-22/h6-13,16,19H,4-5,14-15,17H2,1-3H3,(H,29,34). The average molecular weight is 508 g/mol. The van der Waals surface area contributed by atoms with E-state index in [0.717, 1.165) is 47.7 Å². The number of methoxy groups -OCH3 is 1. The van der Waals surface area contributed by atoms with E-state index >= 15 is 0 Å². The smallest absolute Gasteiger partial charge is 0.276 e. The molecule has 0 fully saturated rings. The zero-order valence-electron chi connectivity index (χ0n) is 20.7. The molecule has 0 aliphatic carbocycles. The second-order valence-electron chi connectivity index (χ2n) is 8.46. The third-order valence-corrected chi connectivity index (χ3v) is 6.27. The Morgan fingerprint density at radius 3 is 2.56 bits per heavy atom. The summed E-state index contributed by atoms with van der Waals surface area (Å²) in [6.45, 7) is 6.28. The van der Waals surface area contributed by atoms with Gasteiger partial charge < -0.3 is 14.8 Å². The molecule has 1 unspecified atom stereocenters. The maximum absolute atomic E-state index is 12.4. The molecular formula is C27H30ClN5O3. The van der Waals surface area contributed by atoms with E-state index in [1.54, 1.807) is 7.11 Å². The van der Waals surface area contributed by atoms with E-state index in [1.807, 2.05) is 43.3 Å². The Morgan fingerprint density at radius 1 is 1.08 bits per heavy atom. The first kappa shape index (κ1) is 25.4. The maximum Gasteiger partial charge on any atom is 0.276 e. The van der Waals surface area contributed by atoms with E-state index in [4.69, 9.17) is 26.2 Å². The van der Waals surface area contributed by atoms with E-state index in [0.29, 0.717) is 24.8 Å². The van der Waals surface area contributed by atoms with E-state index < -0.39 is 0 Å². The fourth-order valence-electron chi connectivity index (χ4n) is 4.17. The Bertz CT molecular complexity index is 1220. The quantitative estimate of drug-likeness (QED) is 0.415. The molecule has 3 aromatic rings. The van der Waals surface area contributed by atoms with Crippen molar-refractivity contribution >= 4 is 28.9 Å². The van der Waals surface area contributed by atoms with Gasteiger partial charge in [-0.15, -0.1) is 10.2 Å². The van der Waals surface area contributed by atoms with Crippen LogP contribution in [0.1, 0.15) is 48.3 Å². The van der Waals surface area contributed by atoms with Crippen LogP contribution in [0.4, 0.5) is 5.69 Å². The molecule has 2 aromatic carbocycles. The van der Waals surface area contributed by atoms with Gasteiger partial charge in [0.15, 0.2) is 22.3 Å². The summed E-state index contributed by atoms with van der Waals surface area (Å²) in [5.74, 6) is 1.50. The highest BCUT2D eigenvalue weighted by Crippen LogP contribution is 2.31. The van der Waals surface area contributed by atoms with Gasteiger partial charge in [-0.25, -0.2) is 0 Å². The number of anilines is 1. The summed E-state index contributed by atoms with van der Waals surface area (Å²) in [4.78, 5) is 12.4. The number of nitrogens with one attached hydrogen (secondary N) is 1. The van der Waals surface area contributed by atoms with Gasteiger partial charge in [-0.2, -0.15) is 5.10 Å². The van der Waals surface area contributed by atoms with E-state index in [1.165, 1.54) is 12.1 Å². The number of hydrazone groups is 1. The number of nitrogens with zero attached hydrogens (tertiary/aromatic N) is 4. The van der Waals surface area contributed by atoms with Crippen molar-refractivity contribution in [3.8, 4) is 11.5 Å². The van der Waals surface area contributed by atoms with Crippen molar-refractivity contribution in [3.05, 3.63) is 76.6 Å². The van der Waals surface area contributed by atoms with Crippen LogP contribution in [-0.4, -0.2) is 47.1 Å². The molecule has 0 spiro atoms. The summed E-state index contributed by atoms with van der Waals surface area (Å²) in [7, 11) is 1.65. The van der Waals surface area contributed by atoms with Gasteiger partial charge in [-0.1, -0.05) is 30.7 Å². The summed E-state index contributed by atoms with van der Waals surface area (Å²) in [6.07, 6.45) is 2.05. The zero-order chi connectivity index (χ0) is 25.5. The lowest BCUT2D eigenvalue weighted by atomic mass is 9.90. The van der Waals surface area contributed by atoms with Crippen LogP contribution in [0.3, 0.4) is 0 Å². The Labute approximate surface area is 216 Å². The number of hydrogen-bond donors (Lipinski definition) is 1. The highest BCUT2D eigenvalue weighted by atomic mass is 35.5. The van der Waals surface area contributed by atoms with Crippen LogP contribution < -0.4 is 14.8 Å². The molecule has 1 amide bonds. The van der Waals surface area contributed by atoms with Crippen molar-refractivity contribution in [2.75, 3.05) is 25.6 Å². The Balaban J connectivity index is 1.47. The molecular weight excluding hydrogens is 478 g/mol. The predicted octanol–water partition coefficient (Wildman–Crippen LogP) is 5.43. The minimum absolute atomic E-state index is 0.204. The number of benzene rings is 2. The molecule has 0 saturated heterocycles. The molecule has 1 atom stereocenters. The SMILES string of the molecule is CCOc1cc(C2=NN(Cc3ccc(NC(=O)c4ccc(Cl)nn4)cc3)CCC2CC)ccc1OC. The van der Waals surface area contributed by atoms with Crippen molar-refractivity contribution in [1.29, 1.82) is 0 Å². The molecule has 2 heterocycles. The monoisotopic (exact) mass is 507 g/mol. The summed E-state index contributed by atoms with van der Waals surface area (Å²) in [5.41, 5.74) is 4.10. The van der Waals surface area contributed by atoms with Crippen LogP contribution in [0.15, 0.2) is 59.7 Å². The van der Waals surface area contributed by atoms with Gasteiger partial charge in [0.05, 0.1) is 26.0 Å². The summed E-state index contributed by atoms with van der Waals surface area (Å²) in [5, 5.41) is 17.7. The van der Waals surface area contributed by atoms with Gasteiger partial charge in [-0.3, -0.25) is 9.80 Å². The summed E-state index contributed by atoms with van der Waals surface area (Å²) in [6, 6.07) is 16.8. The molecule has 0 saturated carbocycles. The Kier molecular flexibility index (Phi) is 8.38. The van der Waals surface area contributed by atoms with Crippen LogP contribution in [0.2, 0.25) is 5.15 Å². The zero-order valence-corrected chi connectivity index (χ0v) is 21.5. The second-order valence-corrected chi connectivity index (χ2v) is 8.85. The van der Waals surface area contributed by atoms with Crippen molar-refractivity contribution in [2.24, 2.45) is 11.0 Å². The molecule has 188 valence electrons. The molecule has 4 rings (SSSR count). The number of aromatic nitrogens is 2. The Morgan fingerprint density at radius 2 is 1.89 bits per heavy atom. The number of amides is 1. The summed E-state index contributed by atoms with van der Waals surface area (Å²) < 4.78 is 11.2. The van der Waals surface area contributed by atoms with Crippen LogP contribution in [-0.2, 0) is 6.54 Å². The van der Waals surface area contributed by atoms with Gasteiger partial charge in [0.2, 0.25) is 0 Å². The normalized spacial score (nSPS) is 15.3. The fraction of sp³-hybridized carbons (Fsp3) is 0.333. The highest BCUT2D eigenvalue weighted by Gasteiger charge is 2.24. The number of carbonyl (C=O) groups is 1. The molecule has 0 radical (unpaired) electrons. The van der Waals surface area contributed by atoms with E-state index in [2.05, 4.69) is 33.5 Å². The first-order chi connectivity index (χ1) is 17.5. The van der Waals surface area contributed by atoms with Crippen LogP contribution in [0.25, 0.3) is 0 Å². The van der Waals surface area contributed by atoms with Crippen LogP contribution in [0.5, 0.6) is 11.5 Å². The lowest BCUT2D eigenvalue weighted by Crippen LogP contribution is -2.32. The van der Waals surface area contributed by atoms with Gasteiger partial charge in [0.25, 0.3) is 5.91 Å². The molecule has 36 heavy (non-hydrogen) atoms. The van der Waals surface area contributed by atoms with Gasteiger partial charge in [0, 0.05) is 23.7 Å². The third-order valence-electron chi connectivity index (χ3n) is 6.07. The van der Waals surface area contributed by atoms with Gasteiger partial charge in [-0.05, 0) is 67.8 Å². The van der Waals surface area contributed by atoms with Gasteiger partial charge >= 0.3 is 0 Å². The number of hydrogen-bond acceptors (Lipinski definition) is 7. The lowest BCUT2D eigenvalue weighted by molar-refractivity contribution is 0.102. The molecule has 1 aliphatic heterocycles. The highest BCUT2D eigenvalue weighted by molar-refractivity contribution is 6.29. The van der Waals surface area contributed by atoms with E-state index in [-0.39, 0.29) is 16.8 Å². The van der Waals surface area contributed by atoms with Crippen molar-refractivity contribution in [2.45, 2.75) is 33.2 Å². The van der Waals surface area contributed by atoms with Crippen LogP contribution in [0, 0.1) is 5.92 Å². The fourth-order valence-corrected chi connectivity index (χ4v) is 4.27. The number of carbonyl (C=O) groups excluding carboxylic acids is 1. The Hall–Kier alpha value is -3.65. The largest absolute Gasteiger partial charge is 0.493 e. The average Bonchev–Trinajstić information content (AvgIpc) is 2.90. The number of rotatable bonds is 9. The van der Waals surface area contributed by atoms with Gasteiger partial charge in [0.1, 0.15) is 0 Å². The summed E-state index contributed by atoms with van der Waals surface area (Å²) >= 11 is 5.74. The second kappa shape index (κ2) is 11.9. The lowest BCUT2D eigenvalue weighted by Gasteiger charge is -2.31. The first-order valence-electron chi connectivity index (χ1n) is 12.0. The topological polar surface area (TPSA) is 88.9 Å². The molecule has 1 aromatic heterocycles. The van der Waals surface area contributed by atoms with Crippen molar-refractivity contribution in [1.82, 2.24) is 15.2 Å². The van der Waals surface area contributed by atoms with Crippen LogP contribution >= 0.6 is 11.6 Å². The molecule has 0 bridgehead atoms. The molecule has 1 aliphatic rings. The predicted molar refractivity (Wildman–Crippen MR) is 141 cm³/mol. The maximum atomic E-state index is 12.4. The third kappa shape index (κ3) is 6.12. The van der Waals surface area contributed by atoms with E-state index in [9.17, 15) is 4.79 Å².